The molecule has 0 radical (unpaired) electrons. The number of hydrogen-bond acceptors (Lipinski definition) is 4. The third-order valence-corrected chi connectivity index (χ3v) is 7.94. The van der Waals surface area contributed by atoms with Gasteiger partial charge in [-0.25, -0.2) is 9.69 Å². The Balaban J connectivity index is 1.33. The Hall–Kier alpha value is -3.15. The second kappa shape index (κ2) is 10.6. The molecule has 2 heterocycles. The normalized spacial score (nSPS) is 24.7. The molecule has 3 amide bonds. The molecule has 6 heteroatoms. The highest BCUT2D eigenvalue weighted by molar-refractivity contribution is 5.96. The second-order valence-corrected chi connectivity index (χ2v) is 10.3. The molecule has 4 atom stereocenters. The Bertz CT molecular complexity index is 1030. The van der Waals surface area contributed by atoms with Gasteiger partial charge in [0.1, 0.15) is 6.61 Å². The molecule has 0 unspecified atom stereocenters. The van der Waals surface area contributed by atoms with Crippen LogP contribution in [0.15, 0.2) is 60.7 Å². The lowest BCUT2D eigenvalue weighted by molar-refractivity contribution is -0.139. The fourth-order valence-corrected chi connectivity index (χ4v) is 6.06. The third-order valence-electron chi connectivity index (χ3n) is 7.94. The van der Waals surface area contributed by atoms with Crippen LogP contribution in [0.25, 0.3) is 0 Å². The Morgan fingerprint density at radius 2 is 1.49 bits per heavy atom. The highest BCUT2D eigenvalue weighted by atomic mass is 16.6. The fraction of sp³-hybridized carbons (Fsp3) is 0.483. The minimum absolute atomic E-state index is 0.0286. The maximum atomic E-state index is 13.8. The number of carbonyl (C=O) groups excluding carboxylic acids is 3. The predicted octanol–water partition coefficient (Wildman–Crippen LogP) is 4.47. The molecule has 2 aromatic carbocycles. The summed E-state index contributed by atoms with van der Waals surface area (Å²) in [7, 11) is 0. The van der Waals surface area contributed by atoms with E-state index in [2.05, 4.69) is 0 Å². The van der Waals surface area contributed by atoms with Crippen LogP contribution in [0, 0.1) is 17.8 Å². The molecule has 0 aromatic heterocycles. The summed E-state index contributed by atoms with van der Waals surface area (Å²) in [4.78, 5) is 43.1. The van der Waals surface area contributed by atoms with Crippen molar-refractivity contribution in [1.82, 2.24) is 9.80 Å². The van der Waals surface area contributed by atoms with Gasteiger partial charge in [-0.1, -0.05) is 73.5 Å². The van der Waals surface area contributed by atoms with Gasteiger partial charge in [0.2, 0.25) is 11.8 Å². The van der Waals surface area contributed by atoms with E-state index in [1.165, 1.54) is 30.6 Å². The van der Waals surface area contributed by atoms with E-state index in [0.717, 1.165) is 24.2 Å². The average Bonchev–Trinajstić information content (AvgIpc) is 3.48. The van der Waals surface area contributed by atoms with Crippen molar-refractivity contribution in [1.29, 1.82) is 0 Å². The number of imide groups is 1. The van der Waals surface area contributed by atoms with E-state index < -0.39 is 12.0 Å². The first-order valence-electron chi connectivity index (χ1n) is 12.9. The monoisotopic (exact) mass is 474 g/mol. The topological polar surface area (TPSA) is 66.9 Å². The van der Waals surface area contributed by atoms with Crippen molar-refractivity contribution < 1.29 is 19.1 Å². The Morgan fingerprint density at radius 3 is 2.11 bits per heavy atom. The number of ether oxygens (including phenoxy) is 1. The number of amides is 3. The molecule has 2 aliphatic heterocycles. The Morgan fingerprint density at radius 1 is 0.886 bits per heavy atom. The van der Waals surface area contributed by atoms with Crippen molar-refractivity contribution in [3.8, 4) is 0 Å². The summed E-state index contributed by atoms with van der Waals surface area (Å²) in [5.74, 6) is 0.319. The summed E-state index contributed by atoms with van der Waals surface area (Å²) >= 11 is 0. The van der Waals surface area contributed by atoms with Crippen LogP contribution in [0.5, 0.6) is 0 Å². The van der Waals surface area contributed by atoms with Gasteiger partial charge in [0.25, 0.3) is 0 Å². The van der Waals surface area contributed by atoms with Crippen molar-refractivity contribution in [3.05, 3.63) is 71.8 Å². The van der Waals surface area contributed by atoms with Crippen molar-refractivity contribution in [2.24, 2.45) is 17.8 Å². The molecule has 5 rings (SSSR count). The maximum Gasteiger partial charge on any atom is 0.416 e. The third kappa shape index (κ3) is 5.42. The molecule has 35 heavy (non-hydrogen) atoms. The zero-order chi connectivity index (χ0) is 24.2. The van der Waals surface area contributed by atoms with Crippen LogP contribution in [0.1, 0.15) is 43.2 Å². The number of hydrogen-bond donors (Lipinski definition) is 0. The van der Waals surface area contributed by atoms with Gasteiger partial charge in [-0.15, -0.1) is 0 Å². The quantitative estimate of drug-likeness (QED) is 0.594. The lowest BCUT2D eigenvalue weighted by atomic mass is 9.82. The molecule has 1 aliphatic carbocycles. The van der Waals surface area contributed by atoms with E-state index >= 15 is 0 Å². The molecular weight excluding hydrogens is 440 g/mol. The zero-order valence-corrected chi connectivity index (χ0v) is 20.2. The van der Waals surface area contributed by atoms with Crippen LogP contribution in [0.4, 0.5) is 4.79 Å². The summed E-state index contributed by atoms with van der Waals surface area (Å²) in [6.07, 6.45) is 5.37. The van der Waals surface area contributed by atoms with E-state index in [1.807, 2.05) is 65.6 Å². The number of fused-ring (bicyclic) bond motifs is 1. The van der Waals surface area contributed by atoms with Crippen LogP contribution in [0.2, 0.25) is 0 Å². The first-order chi connectivity index (χ1) is 17.1. The number of benzene rings is 2. The van der Waals surface area contributed by atoms with Gasteiger partial charge < -0.3 is 9.64 Å². The van der Waals surface area contributed by atoms with E-state index in [1.54, 1.807) is 0 Å². The minimum atomic E-state index is -0.603. The van der Waals surface area contributed by atoms with E-state index in [9.17, 15) is 14.4 Å². The standard InChI is InChI=1S/C29H34N2O4/c32-27(30-18-23-13-7-8-14-24(23)19-30)17-25(15-21-9-3-1-4-10-21)28(33)31-26(20-35-29(31)34)16-22-11-5-2-6-12-22/h1-6,9-12,23-26H,7-8,13-20H2/t23-,24+,25-,26+/m0/s1. The summed E-state index contributed by atoms with van der Waals surface area (Å²) in [6, 6.07) is 19.2. The summed E-state index contributed by atoms with van der Waals surface area (Å²) in [6.45, 7) is 1.79. The molecule has 1 saturated carbocycles. The first kappa shape index (κ1) is 23.6. The Labute approximate surface area is 207 Å². The minimum Gasteiger partial charge on any atom is -0.447 e. The summed E-state index contributed by atoms with van der Waals surface area (Å²) in [5, 5.41) is 0. The van der Waals surface area contributed by atoms with Crippen LogP contribution >= 0.6 is 0 Å². The van der Waals surface area contributed by atoms with E-state index in [-0.39, 0.29) is 30.9 Å². The molecule has 2 saturated heterocycles. The van der Waals surface area contributed by atoms with Crippen molar-refractivity contribution >= 4 is 17.9 Å². The highest BCUT2D eigenvalue weighted by Crippen LogP contribution is 2.36. The zero-order valence-electron chi connectivity index (χ0n) is 20.2. The first-order valence-corrected chi connectivity index (χ1v) is 12.9. The van der Waals surface area contributed by atoms with Gasteiger partial charge in [-0.2, -0.15) is 0 Å². The van der Waals surface area contributed by atoms with Crippen molar-refractivity contribution in [2.45, 2.75) is 51.0 Å². The number of likely N-dealkylation sites (tertiary alicyclic amines) is 1. The lowest BCUT2D eigenvalue weighted by Crippen LogP contribution is -2.45. The number of rotatable bonds is 7. The van der Waals surface area contributed by atoms with Gasteiger partial charge in [0.05, 0.1) is 12.0 Å². The lowest BCUT2D eigenvalue weighted by Gasteiger charge is -2.26. The second-order valence-electron chi connectivity index (χ2n) is 10.3. The van der Waals surface area contributed by atoms with Gasteiger partial charge in [0.15, 0.2) is 0 Å². The van der Waals surface area contributed by atoms with E-state index in [0.29, 0.717) is 24.7 Å². The molecule has 0 N–H and O–H groups in total. The number of nitrogens with zero attached hydrogens (tertiary/aromatic N) is 2. The molecule has 3 aliphatic rings. The molecule has 0 bridgehead atoms. The molecule has 0 spiro atoms. The van der Waals surface area contributed by atoms with Gasteiger partial charge >= 0.3 is 6.09 Å². The van der Waals surface area contributed by atoms with Crippen LogP contribution in [-0.2, 0) is 27.2 Å². The predicted molar refractivity (Wildman–Crippen MR) is 132 cm³/mol. The highest BCUT2D eigenvalue weighted by Gasteiger charge is 2.43. The van der Waals surface area contributed by atoms with Crippen LogP contribution in [-0.4, -0.2) is 53.4 Å². The van der Waals surface area contributed by atoms with Crippen LogP contribution in [0.3, 0.4) is 0 Å². The maximum absolute atomic E-state index is 13.8. The molecule has 6 nitrogen and oxygen atoms in total. The molecule has 184 valence electrons. The van der Waals surface area contributed by atoms with E-state index in [4.69, 9.17) is 4.74 Å². The largest absolute Gasteiger partial charge is 0.447 e. The van der Waals surface area contributed by atoms with Crippen LogP contribution < -0.4 is 0 Å². The summed E-state index contributed by atoms with van der Waals surface area (Å²) in [5.41, 5.74) is 2.03. The SMILES string of the molecule is O=C(C[C@H](Cc1ccccc1)C(=O)N1C(=O)OC[C@H]1Cc1ccccc1)N1C[C@H]2CCCC[C@H]2C1. The Kier molecular flexibility index (Phi) is 7.16. The summed E-state index contributed by atoms with van der Waals surface area (Å²) < 4.78 is 5.31. The van der Waals surface area contributed by atoms with Gasteiger partial charge in [-0.3, -0.25) is 9.59 Å². The fourth-order valence-electron chi connectivity index (χ4n) is 6.06. The number of carbonyl (C=O) groups is 3. The molecule has 3 fully saturated rings. The molecule has 2 aromatic rings. The van der Waals surface area contributed by atoms with Gasteiger partial charge in [-0.05, 0) is 48.6 Å². The smallest absolute Gasteiger partial charge is 0.416 e. The van der Waals surface area contributed by atoms with Gasteiger partial charge in [0, 0.05) is 19.5 Å². The van der Waals surface area contributed by atoms with Crippen molar-refractivity contribution in [3.63, 3.8) is 0 Å². The molecular formula is C29H34N2O4. The average molecular weight is 475 g/mol. The van der Waals surface area contributed by atoms with Crippen molar-refractivity contribution in [2.75, 3.05) is 19.7 Å². The number of cyclic esters (lactones) is 1.